The van der Waals surface area contributed by atoms with E-state index in [1.165, 1.54) is 35.3 Å². The third-order valence-corrected chi connectivity index (χ3v) is 7.32. The molecule has 3 N–H and O–H groups in total. The largest absolute Gasteiger partial charge is 0.465 e. The molecule has 0 bridgehead atoms. The van der Waals surface area contributed by atoms with Gasteiger partial charge in [-0.25, -0.2) is 0 Å². The van der Waals surface area contributed by atoms with Crippen LogP contribution in [0, 0.1) is 5.41 Å². The summed E-state index contributed by atoms with van der Waals surface area (Å²) in [5.41, 5.74) is -0.851. The van der Waals surface area contributed by atoms with Gasteiger partial charge in [0.15, 0.2) is 0 Å². The zero-order chi connectivity index (χ0) is 24.8. The monoisotopic (exact) mass is 530 g/mol. The van der Waals surface area contributed by atoms with Gasteiger partial charge in [-0.2, -0.15) is 35.3 Å². The molecule has 0 aromatic rings. The van der Waals surface area contributed by atoms with Crippen LogP contribution in [0.15, 0.2) is 0 Å². The molecule has 33 heavy (non-hydrogen) atoms. The van der Waals surface area contributed by atoms with E-state index in [-0.39, 0.29) is 58.9 Å². The first-order valence-corrected chi connectivity index (χ1v) is 14.4. The maximum Gasteiger partial charge on any atom is 0.306 e. The topological polar surface area (TPSA) is 140 Å². The first-order valence-electron chi connectivity index (χ1n) is 11.0. The van der Waals surface area contributed by atoms with Gasteiger partial charge >= 0.3 is 17.9 Å². The molecule has 0 amide bonds. The number of hydrogen-bond acceptors (Lipinski definition) is 12. The number of rotatable bonds is 22. The van der Waals surface area contributed by atoms with Crippen LogP contribution in [0.4, 0.5) is 0 Å². The van der Waals surface area contributed by atoms with E-state index in [1.807, 2.05) is 6.92 Å². The van der Waals surface area contributed by atoms with Crippen LogP contribution < -0.4 is 0 Å². The zero-order valence-corrected chi connectivity index (χ0v) is 21.8. The fourth-order valence-corrected chi connectivity index (χ4v) is 4.25. The molecule has 12 heteroatoms. The lowest BCUT2D eigenvalue weighted by molar-refractivity contribution is -0.161. The number of carbonyl (C=O) groups excluding carboxylic acids is 3. The number of ether oxygens (including phenoxy) is 3. The van der Waals surface area contributed by atoms with Gasteiger partial charge in [0.25, 0.3) is 0 Å². The highest BCUT2D eigenvalue weighted by atomic mass is 32.2. The van der Waals surface area contributed by atoms with Crippen LogP contribution in [0.1, 0.15) is 32.6 Å². The van der Waals surface area contributed by atoms with Gasteiger partial charge in [-0.1, -0.05) is 6.92 Å². The number of carbonyl (C=O) groups is 3. The standard InChI is InChI=1S/C21H38O9S3/c1-2-21(15-28-18(25)3-9-31-12-6-22,16-29-19(26)4-10-32-13-7-23)17-30-20(27)5-11-33-14-8-24/h22-24H,2-17H2,1H3. The van der Waals surface area contributed by atoms with E-state index >= 15 is 0 Å². The van der Waals surface area contributed by atoms with Crippen molar-refractivity contribution in [3.8, 4) is 0 Å². The third kappa shape index (κ3) is 18.4. The van der Waals surface area contributed by atoms with Gasteiger partial charge in [-0.3, -0.25) is 14.4 Å². The molecule has 0 saturated heterocycles. The summed E-state index contributed by atoms with van der Waals surface area (Å²) in [4.78, 5) is 36.3. The van der Waals surface area contributed by atoms with Gasteiger partial charge in [-0.05, 0) is 6.42 Å². The van der Waals surface area contributed by atoms with Crippen LogP contribution >= 0.6 is 35.3 Å². The minimum absolute atomic E-state index is 0.0480. The van der Waals surface area contributed by atoms with E-state index < -0.39 is 23.3 Å². The van der Waals surface area contributed by atoms with E-state index in [9.17, 15) is 14.4 Å². The number of aliphatic hydroxyl groups excluding tert-OH is 3. The number of hydrogen-bond donors (Lipinski definition) is 3. The van der Waals surface area contributed by atoms with Gasteiger partial charge < -0.3 is 29.5 Å². The summed E-state index contributed by atoms with van der Waals surface area (Å²) in [6.45, 7) is 1.84. The van der Waals surface area contributed by atoms with E-state index in [0.29, 0.717) is 40.9 Å². The Balaban J connectivity index is 4.78. The van der Waals surface area contributed by atoms with Crippen LogP contribution in [0.5, 0.6) is 0 Å². The number of esters is 3. The molecule has 194 valence electrons. The summed E-state index contributed by atoms with van der Waals surface area (Å²) in [6, 6.07) is 0. The lowest BCUT2D eigenvalue weighted by atomic mass is 9.88. The smallest absolute Gasteiger partial charge is 0.306 e. The Labute approximate surface area is 209 Å². The molecular formula is C21H38O9S3. The van der Waals surface area contributed by atoms with E-state index in [0.717, 1.165) is 0 Å². The maximum absolute atomic E-state index is 12.1. The molecule has 0 heterocycles. The number of aliphatic hydroxyl groups is 3. The fraction of sp³-hybridized carbons (Fsp3) is 0.857. The SMILES string of the molecule is CCC(COC(=O)CCSCCO)(COC(=O)CCSCCO)COC(=O)CCSCCO. The Kier molecular flexibility index (Phi) is 21.4. The van der Waals surface area contributed by atoms with Gasteiger partial charge in [0.1, 0.15) is 19.8 Å². The van der Waals surface area contributed by atoms with Crippen LogP contribution in [-0.4, -0.2) is 107 Å². The van der Waals surface area contributed by atoms with Crippen LogP contribution in [0.25, 0.3) is 0 Å². The normalized spacial score (nSPS) is 11.3. The average Bonchev–Trinajstić information content (AvgIpc) is 2.82. The fourth-order valence-electron chi connectivity index (χ4n) is 2.31. The number of thioether (sulfide) groups is 3. The van der Waals surface area contributed by atoms with Crippen LogP contribution in [-0.2, 0) is 28.6 Å². The molecule has 0 fully saturated rings. The van der Waals surface area contributed by atoms with Crippen molar-refractivity contribution in [2.45, 2.75) is 32.6 Å². The third-order valence-electron chi connectivity index (χ3n) is 4.43. The van der Waals surface area contributed by atoms with Gasteiger partial charge in [0.05, 0.1) is 44.5 Å². The summed E-state index contributed by atoms with van der Waals surface area (Å²) >= 11 is 4.34. The molecule has 0 aliphatic heterocycles. The first-order chi connectivity index (χ1) is 15.9. The zero-order valence-electron chi connectivity index (χ0n) is 19.3. The molecular weight excluding hydrogens is 492 g/mol. The minimum Gasteiger partial charge on any atom is -0.465 e. The summed E-state index contributed by atoms with van der Waals surface area (Å²) < 4.78 is 16.2. The maximum atomic E-state index is 12.1. The van der Waals surface area contributed by atoms with Crippen molar-refractivity contribution in [1.29, 1.82) is 0 Å². The van der Waals surface area contributed by atoms with Crippen molar-refractivity contribution in [2.75, 3.05) is 74.2 Å². The second kappa shape index (κ2) is 21.8. The molecule has 0 atom stereocenters. The highest BCUT2D eigenvalue weighted by Gasteiger charge is 2.34. The van der Waals surface area contributed by atoms with Crippen molar-refractivity contribution in [3.05, 3.63) is 0 Å². The van der Waals surface area contributed by atoms with Crippen molar-refractivity contribution < 1.29 is 43.9 Å². The van der Waals surface area contributed by atoms with Crippen molar-refractivity contribution >= 4 is 53.2 Å². The lowest BCUT2D eigenvalue weighted by Crippen LogP contribution is -2.39. The van der Waals surface area contributed by atoms with Crippen molar-refractivity contribution in [1.82, 2.24) is 0 Å². The lowest BCUT2D eigenvalue weighted by Gasteiger charge is -2.31. The minimum atomic E-state index is -0.851. The van der Waals surface area contributed by atoms with Gasteiger partial charge in [-0.15, -0.1) is 0 Å². The molecule has 0 aromatic heterocycles. The second-order valence-electron chi connectivity index (χ2n) is 7.09. The second-order valence-corrected chi connectivity index (χ2v) is 10.8. The van der Waals surface area contributed by atoms with Crippen molar-refractivity contribution in [3.63, 3.8) is 0 Å². The Bertz CT molecular complexity index is 466. The highest BCUT2D eigenvalue weighted by molar-refractivity contribution is 7.99. The van der Waals surface area contributed by atoms with E-state index in [2.05, 4.69) is 0 Å². The summed E-state index contributed by atoms with van der Waals surface area (Å²) in [6.07, 6.45) is 1.02. The van der Waals surface area contributed by atoms with Gasteiger partial charge in [0.2, 0.25) is 0 Å². The molecule has 0 aromatic carbocycles. The molecule has 0 spiro atoms. The van der Waals surface area contributed by atoms with E-state index in [4.69, 9.17) is 29.5 Å². The Morgan fingerprint density at radius 2 is 0.909 bits per heavy atom. The average molecular weight is 531 g/mol. The van der Waals surface area contributed by atoms with E-state index in [1.54, 1.807) is 0 Å². The first kappa shape index (κ1) is 32.3. The summed E-state index contributed by atoms with van der Waals surface area (Å²) in [5, 5.41) is 26.4. The van der Waals surface area contributed by atoms with Crippen molar-refractivity contribution in [2.24, 2.45) is 5.41 Å². The Hall–Kier alpha value is -0.660. The quantitative estimate of drug-likeness (QED) is 0.106. The predicted octanol–water partition coefficient (Wildman–Crippen LogP) is 1.36. The summed E-state index contributed by atoms with van der Waals surface area (Å²) in [5.74, 6) is 2.01. The van der Waals surface area contributed by atoms with Crippen LogP contribution in [0.3, 0.4) is 0 Å². The molecule has 0 radical (unpaired) electrons. The summed E-state index contributed by atoms with van der Waals surface area (Å²) in [7, 11) is 0. The molecule has 0 aliphatic rings. The Morgan fingerprint density at radius 3 is 1.15 bits per heavy atom. The highest BCUT2D eigenvalue weighted by Crippen LogP contribution is 2.25. The molecule has 9 nitrogen and oxygen atoms in total. The molecule has 0 rings (SSSR count). The molecule has 0 unspecified atom stereocenters. The predicted molar refractivity (Wildman–Crippen MR) is 133 cm³/mol. The molecule has 0 aliphatic carbocycles. The van der Waals surface area contributed by atoms with Crippen LogP contribution in [0.2, 0.25) is 0 Å². The van der Waals surface area contributed by atoms with Gasteiger partial charge in [0, 0.05) is 34.5 Å². The molecule has 0 saturated carbocycles. The Morgan fingerprint density at radius 1 is 0.606 bits per heavy atom.